The van der Waals surface area contributed by atoms with Gasteiger partial charge >= 0.3 is 0 Å². The summed E-state index contributed by atoms with van der Waals surface area (Å²) in [5.41, 5.74) is 2.36. The Labute approximate surface area is 109 Å². The normalized spacial score (nSPS) is 9.05. The highest BCUT2D eigenvalue weighted by Gasteiger charge is 2.04. The lowest BCUT2D eigenvalue weighted by Gasteiger charge is -2.07. The summed E-state index contributed by atoms with van der Waals surface area (Å²) in [5.74, 6) is -0.487. The Bertz CT molecular complexity index is 530. The molecule has 0 saturated heterocycles. The molecule has 1 N–H and O–H groups in total. The zero-order valence-electron chi connectivity index (χ0n) is 10.2. The van der Waals surface area contributed by atoms with Crippen LogP contribution in [0.5, 0.6) is 5.75 Å². The number of nitrogens with zero attached hydrogens (tertiary/aromatic N) is 3. The molecule has 0 unspecified atom stereocenters. The number of methoxy groups -OCH3 is 1. The second-order valence-electron chi connectivity index (χ2n) is 3.28. The van der Waals surface area contributed by atoms with E-state index in [1.54, 1.807) is 12.1 Å². The molecule has 0 aliphatic rings. The van der Waals surface area contributed by atoms with Gasteiger partial charge < -0.3 is 9.47 Å². The van der Waals surface area contributed by atoms with Crippen LogP contribution in [0.4, 0.5) is 10.1 Å². The number of nitriles is 2. The summed E-state index contributed by atoms with van der Waals surface area (Å²) in [6, 6.07) is 7.24. The average molecular weight is 262 g/mol. The van der Waals surface area contributed by atoms with Crippen molar-refractivity contribution >= 4 is 11.4 Å². The van der Waals surface area contributed by atoms with Crippen LogP contribution in [0.3, 0.4) is 0 Å². The minimum Gasteiger partial charge on any atom is -0.488 e. The Balaban J connectivity index is 2.70. The summed E-state index contributed by atoms with van der Waals surface area (Å²) in [6.45, 7) is 0.600. The first kappa shape index (κ1) is 14.4. The molecule has 0 spiro atoms. The van der Waals surface area contributed by atoms with Gasteiger partial charge in [0.1, 0.15) is 18.7 Å². The highest BCUT2D eigenvalue weighted by molar-refractivity contribution is 6.10. The van der Waals surface area contributed by atoms with Crippen molar-refractivity contribution in [3.63, 3.8) is 0 Å². The number of hydrogen-bond donors (Lipinski definition) is 1. The molecular formula is C12H11FN4O2. The lowest BCUT2D eigenvalue weighted by Crippen LogP contribution is -2.05. The number of halogens is 1. The third-order valence-electron chi connectivity index (χ3n) is 1.99. The fourth-order valence-electron chi connectivity index (χ4n) is 1.12. The van der Waals surface area contributed by atoms with Gasteiger partial charge in [0, 0.05) is 13.2 Å². The van der Waals surface area contributed by atoms with Gasteiger partial charge in [-0.25, -0.2) is 4.39 Å². The first-order valence-corrected chi connectivity index (χ1v) is 5.26. The number of benzene rings is 1. The van der Waals surface area contributed by atoms with E-state index in [2.05, 4.69) is 10.5 Å². The van der Waals surface area contributed by atoms with Gasteiger partial charge in [-0.15, -0.1) is 0 Å². The Morgan fingerprint density at radius 3 is 2.68 bits per heavy atom. The smallest absolute Gasteiger partial charge is 0.237 e. The lowest BCUT2D eigenvalue weighted by atomic mass is 10.3. The van der Waals surface area contributed by atoms with Crippen molar-refractivity contribution in [2.24, 2.45) is 5.10 Å². The molecule has 0 fully saturated rings. The molecule has 7 heteroatoms. The van der Waals surface area contributed by atoms with E-state index in [-0.39, 0.29) is 18.1 Å². The van der Waals surface area contributed by atoms with Gasteiger partial charge in [-0.2, -0.15) is 15.6 Å². The van der Waals surface area contributed by atoms with Gasteiger partial charge in [0.05, 0.1) is 12.3 Å². The molecule has 0 heterocycles. The molecule has 0 radical (unpaired) electrons. The van der Waals surface area contributed by atoms with Crippen LogP contribution in [-0.2, 0) is 4.74 Å². The molecule has 0 atom stereocenters. The van der Waals surface area contributed by atoms with Gasteiger partial charge in [-0.3, -0.25) is 5.43 Å². The highest BCUT2D eigenvalue weighted by atomic mass is 19.1. The summed E-state index contributed by atoms with van der Waals surface area (Å²) in [4.78, 5) is 0. The van der Waals surface area contributed by atoms with Crippen LogP contribution in [0.15, 0.2) is 23.3 Å². The van der Waals surface area contributed by atoms with Crippen molar-refractivity contribution in [1.29, 1.82) is 10.5 Å². The molecule has 1 aromatic carbocycles. The summed E-state index contributed by atoms with van der Waals surface area (Å²) in [7, 11) is 1.52. The first-order valence-electron chi connectivity index (χ1n) is 5.26. The maximum Gasteiger partial charge on any atom is 0.237 e. The Kier molecular flexibility index (Phi) is 5.80. The van der Waals surface area contributed by atoms with Gasteiger partial charge in [-0.05, 0) is 12.1 Å². The fraction of sp³-hybridized carbons (Fsp3) is 0.250. The van der Waals surface area contributed by atoms with Crippen LogP contribution in [0, 0.1) is 28.5 Å². The van der Waals surface area contributed by atoms with Crippen LogP contribution in [0.25, 0.3) is 0 Å². The van der Waals surface area contributed by atoms with Crippen LogP contribution < -0.4 is 10.2 Å². The van der Waals surface area contributed by atoms with Crippen molar-refractivity contribution < 1.29 is 13.9 Å². The van der Waals surface area contributed by atoms with Crippen LogP contribution in [0.2, 0.25) is 0 Å². The van der Waals surface area contributed by atoms with E-state index in [9.17, 15) is 4.39 Å². The van der Waals surface area contributed by atoms with E-state index < -0.39 is 5.82 Å². The molecule has 0 aromatic heterocycles. The molecule has 0 amide bonds. The third kappa shape index (κ3) is 4.62. The Morgan fingerprint density at radius 1 is 1.37 bits per heavy atom. The van der Waals surface area contributed by atoms with E-state index in [4.69, 9.17) is 20.0 Å². The van der Waals surface area contributed by atoms with Crippen LogP contribution >= 0.6 is 0 Å². The van der Waals surface area contributed by atoms with Crippen LogP contribution in [-0.4, -0.2) is 26.0 Å². The summed E-state index contributed by atoms with van der Waals surface area (Å²) >= 11 is 0. The van der Waals surface area contributed by atoms with E-state index in [1.165, 1.54) is 19.2 Å². The minimum absolute atomic E-state index is 0.0902. The predicted molar refractivity (Wildman–Crippen MR) is 66.1 cm³/mol. The topological polar surface area (TPSA) is 90.4 Å². The molecule has 1 rings (SSSR count). The fourth-order valence-corrected chi connectivity index (χ4v) is 1.12. The van der Waals surface area contributed by atoms with E-state index in [1.807, 2.05) is 0 Å². The number of hydrogen-bond acceptors (Lipinski definition) is 6. The maximum absolute atomic E-state index is 13.6. The zero-order chi connectivity index (χ0) is 14.1. The molecule has 1 aromatic rings. The molecule has 0 aliphatic carbocycles. The minimum atomic E-state index is -0.577. The average Bonchev–Trinajstić information content (AvgIpc) is 2.42. The standard InChI is InChI=1S/C12H11FN4O2/c1-18-4-5-19-12-3-2-9(6-11(12)13)16-17-10(7-14)8-15/h2-3,6,16H,4-5H2,1H3. The monoisotopic (exact) mass is 262 g/mol. The number of anilines is 1. The number of nitrogens with one attached hydrogen (secondary N) is 1. The quantitative estimate of drug-likeness (QED) is 0.478. The van der Waals surface area contributed by atoms with Crippen molar-refractivity contribution in [2.75, 3.05) is 25.7 Å². The van der Waals surface area contributed by atoms with Gasteiger partial charge in [0.15, 0.2) is 11.6 Å². The van der Waals surface area contributed by atoms with Crippen molar-refractivity contribution in [1.82, 2.24) is 0 Å². The molecular weight excluding hydrogens is 251 g/mol. The van der Waals surface area contributed by atoms with E-state index >= 15 is 0 Å². The first-order chi connectivity index (χ1) is 9.21. The summed E-state index contributed by atoms with van der Waals surface area (Å²) in [6.07, 6.45) is 0. The molecule has 0 saturated carbocycles. The Morgan fingerprint density at radius 2 is 2.11 bits per heavy atom. The number of rotatable bonds is 6. The van der Waals surface area contributed by atoms with Gasteiger partial charge in [-0.1, -0.05) is 0 Å². The SMILES string of the molecule is COCCOc1ccc(NN=C(C#N)C#N)cc1F. The third-order valence-corrected chi connectivity index (χ3v) is 1.99. The largest absolute Gasteiger partial charge is 0.488 e. The van der Waals surface area contributed by atoms with E-state index in [0.29, 0.717) is 12.3 Å². The van der Waals surface area contributed by atoms with Crippen molar-refractivity contribution in [3.05, 3.63) is 24.0 Å². The lowest BCUT2D eigenvalue weighted by molar-refractivity contribution is 0.144. The number of hydrazone groups is 1. The zero-order valence-corrected chi connectivity index (χ0v) is 10.2. The molecule has 98 valence electrons. The summed E-state index contributed by atoms with van der Waals surface area (Å²) in [5, 5.41) is 20.4. The molecule has 0 bridgehead atoms. The second kappa shape index (κ2) is 7.64. The summed E-state index contributed by atoms with van der Waals surface area (Å²) < 4.78 is 23.5. The molecule has 6 nitrogen and oxygen atoms in total. The van der Waals surface area contributed by atoms with Gasteiger partial charge in [0.2, 0.25) is 5.71 Å². The van der Waals surface area contributed by atoms with Crippen molar-refractivity contribution in [3.8, 4) is 17.9 Å². The van der Waals surface area contributed by atoms with Gasteiger partial charge in [0.25, 0.3) is 0 Å². The van der Waals surface area contributed by atoms with Crippen molar-refractivity contribution in [2.45, 2.75) is 0 Å². The molecule has 19 heavy (non-hydrogen) atoms. The van der Waals surface area contributed by atoms with Crippen LogP contribution in [0.1, 0.15) is 0 Å². The molecule has 0 aliphatic heterocycles. The highest BCUT2D eigenvalue weighted by Crippen LogP contribution is 2.21. The second-order valence-corrected chi connectivity index (χ2v) is 3.28. The Hall–Kier alpha value is -2.64. The van der Waals surface area contributed by atoms with E-state index in [0.717, 1.165) is 6.07 Å². The number of ether oxygens (including phenoxy) is 2. The maximum atomic E-state index is 13.6. The predicted octanol–water partition coefficient (Wildman–Crippen LogP) is 1.67.